The van der Waals surface area contributed by atoms with Crippen molar-refractivity contribution in [2.75, 3.05) is 6.54 Å². The van der Waals surface area contributed by atoms with Crippen LogP contribution < -0.4 is 5.32 Å². The van der Waals surface area contributed by atoms with Crippen LogP contribution in [0.2, 0.25) is 5.02 Å². The summed E-state index contributed by atoms with van der Waals surface area (Å²) in [6.07, 6.45) is 0. The summed E-state index contributed by atoms with van der Waals surface area (Å²) in [4.78, 5) is 0. The van der Waals surface area contributed by atoms with Gasteiger partial charge in [-0.25, -0.2) is 0 Å². The maximum Gasteiger partial charge on any atom is 0.0605 e. The van der Waals surface area contributed by atoms with Crippen LogP contribution in [-0.2, 0) is 0 Å². The first-order valence-electron chi connectivity index (χ1n) is 6.85. The van der Waals surface area contributed by atoms with Crippen LogP contribution in [0.4, 0.5) is 0 Å². The third kappa shape index (κ3) is 2.88. The van der Waals surface area contributed by atoms with Crippen LogP contribution in [0.1, 0.15) is 24.1 Å². The Balaban J connectivity index is 2.16. The van der Waals surface area contributed by atoms with Crippen LogP contribution in [0.15, 0.2) is 52.3 Å². The molecule has 3 aromatic rings. The van der Waals surface area contributed by atoms with Crippen LogP contribution >= 0.6 is 38.9 Å². The SMILES string of the molecule is CCNC(c1ccccc1Cl)c1csc2c(Br)cccc12. The Morgan fingerprint density at radius 2 is 1.95 bits per heavy atom. The first-order valence-corrected chi connectivity index (χ1v) is 8.91. The van der Waals surface area contributed by atoms with Gasteiger partial charge in [0, 0.05) is 14.2 Å². The molecule has 0 radical (unpaired) electrons. The molecule has 0 amide bonds. The lowest BCUT2D eigenvalue weighted by Crippen LogP contribution is -2.22. The van der Waals surface area contributed by atoms with E-state index >= 15 is 0 Å². The van der Waals surface area contributed by atoms with Gasteiger partial charge in [0.05, 0.1) is 6.04 Å². The fourth-order valence-corrected chi connectivity index (χ4v) is 4.46. The van der Waals surface area contributed by atoms with E-state index < -0.39 is 0 Å². The van der Waals surface area contributed by atoms with Gasteiger partial charge in [0.25, 0.3) is 0 Å². The maximum absolute atomic E-state index is 6.41. The fourth-order valence-electron chi connectivity index (χ4n) is 2.57. The zero-order chi connectivity index (χ0) is 14.8. The summed E-state index contributed by atoms with van der Waals surface area (Å²) >= 11 is 11.8. The van der Waals surface area contributed by atoms with Crippen molar-refractivity contribution in [3.8, 4) is 0 Å². The molecule has 0 aliphatic rings. The molecular weight excluding hydrogens is 366 g/mol. The second-order valence-corrected chi connectivity index (χ2v) is 6.96. The number of halogens is 2. The predicted octanol–water partition coefficient (Wildman–Crippen LogP) is 6.02. The highest BCUT2D eigenvalue weighted by Crippen LogP contribution is 2.38. The van der Waals surface area contributed by atoms with Gasteiger partial charge >= 0.3 is 0 Å². The van der Waals surface area contributed by atoms with Crippen LogP contribution in [0.3, 0.4) is 0 Å². The molecule has 0 fully saturated rings. The van der Waals surface area contributed by atoms with Gasteiger partial charge in [-0.3, -0.25) is 0 Å². The van der Waals surface area contributed by atoms with Crippen molar-refractivity contribution in [1.29, 1.82) is 0 Å². The van der Waals surface area contributed by atoms with E-state index in [0.717, 1.165) is 21.6 Å². The molecule has 1 aromatic heterocycles. The Morgan fingerprint density at radius 1 is 1.14 bits per heavy atom. The number of rotatable bonds is 4. The van der Waals surface area contributed by atoms with Crippen molar-refractivity contribution < 1.29 is 0 Å². The van der Waals surface area contributed by atoms with Crippen LogP contribution in [0.25, 0.3) is 10.1 Å². The van der Waals surface area contributed by atoms with Gasteiger partial charge in [0.15, 0.2) is 0 Å². The van der Waals surface area contributed by atoms with E-state index in [1.165, 1.54) is 15.6 Å². The molecule has 21 heavy (non-hydrogen) atoms. The Labute approximate surface area is 142 Å². The first-order chi connectivity index (χ1) is 10.2. The molecule has 3 rings (SSSR count). The normalized spacial score (nSPS) is 12.7. The highest BCUT2D eigenvalue weighted by atomic mass is 79.9. The van der Waals surface area contributed by atoms with Gasteiger partial charge in [-0.1, -0.05) is 48.9 Å². The molecule has 0 aliphatic carbocycles. The summed E-state index contributed by atoms with van der Waals surface area (Å²) in [6, 6.07) is 14.5. The lowest BCUT2D eigenvalue weighted by atomic mass is 9.98. The van der Waals surface area contributed by atoms with E-state index in [0.29, 0.717) is 0 Å². The molecule has 4 heteroatoms. The van der Waals surface area contributed by atoms with Crippen molar-refractivity contribution in [2.45, 2.75) is 13.0 Å². The number of thiophene rings is 1. The zero-order valence-corrected chi connectivity index (χ0v) is 14.7. The molecule has 1 nitrogen and oxygen atoms in total. The summed E-state index contributed by atoms with van der Waals surface area (Å²) in [5.74, 6) is 0. The molecule has 1 unspecified atom stereocenters. The number of nitrogens with one attached hydrogen (secondary N) is 1. The average molecular weight is 381 g/mol. The van der Waals surface area contributed by atoms with Crippen molar-refractivity contribution in [3.05, 3.63) is 68.5 Å². The summed E-state index contributed by atoms with van der Waals surface area (Å²) in [5.41, 5.74) is 2.41. The van der Waals surface area contributed by atoms with Crippen molar-refractivity contribution >= 4 is 49.0 Å². The van der Waals surface area contributed by atoms with Crippen LogP contribution in [0, 0.1) is 0 Å². The quantitative estimate of drug-likeness (QED) is 0.584. The molecule has 0 saturated heterocycles. The number of hydrogen-bond acceptors (Lipinski definition) is 2. The van der Waals surface area contributed by atoms with Crippen LogP contribution in [0.5, 0.6) is 0 Å². The fraction of sp³-hybridized carbons (Fsp3) is 0.176. The first kappa shape index (κ1) is 15.0. The third-order valence-corrected chi connectivity index (χ3v) is 5.83. The number of benzene rings is 2. The molecule has 0 bridgehead atoms. The maximum atomic E-state index is 6.41. The number of hydrogen-bond donors (Lipinski definition) is 1. The zero-order valence-electron chi connectivity index (χ0n) is 11.6. The Kier molecular flexibility index (Phi) is 4.65. The predicted molar refractivity (Wildman–Crippen MR) is 96.5 cm³/mol. The highest BCUT2D eigenvalue weighted by Gasteiger charge is 2.19. The summed E-state index contributed by atoms with van der Waals surface area (Å²) in [6.45, 7) is 3.01. The van der Waals surface area contributed by atoms with Crippen molar-refractivity contribution in [1.82, 2.24) is 5.32 Å². The van der Waals surface area contributed by atoms with E-state index in [1.807, 2.05) is 18.2 Å². The van der Waals surface area contributed by atoms with Crippen molar-refractivity contribution in [2.24, 2.45) is 0 Å². The van der Waals surface area contributed by atoms with Crippen molar-refractivity contribution in [3.63, 3.8) is 0 Å². The number of fused-ring (bicyclic) bond motifs is 1. The van der Waals surface area contributed by atoms with Gasteiger partial charge in [-0.15, -0.1) is 11.3 Å². The largest absolute Gasteiger partial charge is 0.306 e. The standard InChI is InChI=1S/C17H15BrClNS/c1-2-20-16(12-6-3-4-9-15(12)19)13-10-21-17-11(13)7-5-8-14(17)18/h3-10,16,20H,2H2,1H3. The van der Waals surface area contributed by atoms with Gasteiger partial charge < -0.3 is 5.32 Å². The molecular formula is C17H15BrClNS. The van der Waals surface area contributed by atoms with E-state index in [2.05, 4.69) is 57.8 Å². The molecule has 2 aromatic carbocycles. The molecule has 0 saturated carbocycles. The summed E-state index contributed by atoms with van der Waals surface area (Å²) < 4.78 is 2.42. The molecule has 1 N–H and O–H groups in total. The lowest BCUT2D eigenvalue weighted by molar-refractivity contribution is 0.636. The van der Waals surface area contributed by atoms with E-state index in [4.69, 9.17) is 11.6 Å². The highest BCUT2D eigenvalue weighted by molar-refractivity contribution is 9.10. The summed E-state index contributed by atoms with van der Waals surface area (Å²) in [5, 5.41) is 7.87. The smallest absolute Gasteiger partial charge is 0.0605 e. The third-order valence-electron chi connectivity index (χ3n) is 3.52. The van der Waals surface area contributed by atoms with E-state index in [-0.39, 0.29) is 6.04 Å². The van der Waals surface area contributed by atoms with E-state index in [9.17, 15) is 0 Å². The average Bonchev–Trinajstić information content (AvgIpc) is 2.91. The topological polar surface area (TPSA) is 12.0 Å². The second kappa shape index (κ2) is 6.49. The van der Waals surface area contributed by atoms with E-state index in [1.54, 1.807) is 11.3 Å². The Bertz CT molecular complexity index is 768. The molecule has 1 heterocycles. The Morgan fingerprint density at radius 3 is 2.71 bits per heavy atom. The van der Waals surface area contributed by atoms with Crippen LogP contribution in [-0.4, -0.2) is 6.54 Å². The molecule has 0 spiro atoms. The minimum atomic E-state index is 0.117. The van der Waals surface area contributed by atoms with Gasteiger partial charge in [0.1, 0.15) is 0 Å². The van der Waals surface area contributed by atoms with Gasteiger partial charge in [0.2, 0.25) is 0 Å². The van der Waals surface area contributed by atoms with Gasteiger partial charge in [-0.05, 0) is 56.5 Å². The molecule has 108 valence electrons. The minimum absolute atomic E-state index is 0.117. The molecule has 0 aliphatic heterocycles. The summed E-state index contributed by atoms with van der Waals surface area (Å²) in [7, 11) is 0. The Hall–Kier alpha value is -0.870. The minimum Gasteiger partial charge on any atom is -0.306 e. The van der Waals surface area contributed by atoms with Gasteiger partial charge in [-0.2, -0.15) is 0 Å². The monoisotopic (exact) mass is 379 g/mol. The lowest BCUT2D eigenvalue weighted by Gasteiger charge is -2.19. The second-order valence-electron chi connectivity index (χ2n) is 4.82. The molecule has 1 atom stereocenters.